The number of fused-ring (bicyclic) bond motifs is 1. The molecule has 0 spiro atoms. The van der Waals surface area contributed by atoms with Gasteiger partial charge in [0, 0.05) is 18.0 Å². The van der Waals surface area contributed by atoms with Gasteiger partial charge >= 0.3 is 0 Å². The Kier molecular flexibility index (Phi) is 4.59. The summed E-state index contributed by atoms with van der Waals surface area (Å²) < 4.78 is 2.11. The van der Waals surface area contributed by atoms with Crippen LogP contribution in [0.3, 0.4) is 0 Å². The number of nitrogens with zero attached hydrogens (tertiary/aromatic N) is 2. The standard InChI is InChI=1S/C16H25N3/c1-5-17-13(4)12(3)11-15-14-9-7-8-10-16(14)19(6-2)18-15/h7-10,12-13,17H,5-6,11H2,1-4H3. The van der Waals surface area contributed by atoms with Gasteiger partial charge in [0.1, 0.15) is 0 Å². The van der Waals surface area contributed by atoms with E-state index >= 15 is 0 Å². The lowest BCUT2D eigenvalue weighted by molar-refractivity contribution is 0.402. The van der Waals surface area contributed by atoms with Gasteiger partial charge in [0.2, 0.25) is 0 Å². The number of rotatable bonds is 6. The highest BCUT2D eigenvalue weighted by molar-refractivity contribution is 5.81. The van der Waals surface area contributed by atoms with Crippen molar-refractivity contribution >= 4 is 10.9 Å². The van der Waals surface area contributed by atoms with E-state index in [-0.39, 0.29) is 0 Å². The zero-order chi connectivity index (χ0) is 13.8. The first-order valence-electron chi connectivity index (χ1n) is 7.35. The Balaban J connectivity index is 2.25. The van der Waals surface area contributed by atoms with Crippen molar-refractivity contribution in [3.63, 3.8) is 0 Å². The molecule has 0 bridgehead atoms. The number of para-hydroxylation sites is 1. The van der Waals surface area contributed by atoms with Crippen LogP contribution in [0.1, 0.15) is 33.4 Å². The van der Waals surface area contributed by atoms with Gasteiger partial charge in [-0.3, -0.25) is 4.68 Å². The zero-order valence-electron chi connectivity index (χ0n) is 12.5. The van der Waals surface area contributed by atoms with Crippen molar-refractivity contribution in [1.82, 2.24) is 15.1 Å². The molecule has 3 nitrogen and oxygen atoms in total. The molecular weight excluding hydrogens is 234 g/mol. The molecule has 0 saturated heterocycles. The molecule has 0 aliphatic rings. The predicted octanol–water partition coefficient (Wildman–Crippen LogP) is 3.23. The average molecular weight is 259 g/mol. The lowest BCUT2D eigenvalue weighted by atomic mass is 9.96. The largest absolute Gasteiger partial charge is 0.314 e. The van der Waals surface area contributed by atoms with E-state index in [0.29, 0.717) is 12.0 Å². The summed E-state index contributed by atoms with van der Waals surface area (Å²) in [7, 11) is 0. The minimum Gasteiger partial charge on any atom is -0.314 e. The van der Waals surface area contributed by atoms with Crippen molar-refractivity contribution in [3.05, 3.63) is 30.0 Å². The van der Waals surface area contributed by atoms with Crippen LogP contribution in [0.4, 0.5) is 0 Å². The molecule has 3 heteroatoms. The van der Waals surface area contributed by atoms with Crippen LogP contribution in [0.5, 0.6) is 0 Å². The maximum atomic E-state index is 4.78. The first-order chi connectivity index (χ1) is 9.17. The van der Waals surface area contributed by atoms with Crippen LogP contribution in [0.15, 0.2) is 24.3 Å². The quantitative estimate of drug-likeness (QED) is 0.863. The maximum Gasteiger partial charge on any atom is 0.0706 e. The van der Waals surface area contributed by atoms with E-state index in [1.165, 1.54) is 16.6 Å². The van der Waals surface area contributed by atoms with E-state index in [9.17, 15) is 0 Å². The van der Waals surface area contributed by atoms with Crippen LogP contribution in [-0.4, -0.2) is 22.4 Å². The van der Waals surface area contributed by atoms with Gasteiger partial charge in [0.05, 0.1) is 11.2 Å². The third-order valence-corrected chi connectivity index (χ3v) is 3.93. The Labute approximate surface area is 116 Å². The van der Waals surface area contributed by atoms with E-state index in [0.717, 1.165) is 19.5 Å². The summed E-state index contributed by atoms with van der Waals surface area (Å²) in [5.41, 5.74) is 2.48. The second-order valence-electron chi connectivity index (χ2n) is 5.31. The summed E-state index contributed by atoms with van der Waals surface area (Å²) in [5.74, 6) is 0.587. The average Bonchev–Trinajstić information content (AvgIpc) is 2.77. The molecule has 2 unspecified atom stereocenters. The van der Waals surface area contributed by atoms with Crippen molar-refractivity contribution in [2.24, 2.45) is 5.92 Å². The second kappa shape index (κ2) is 6.20. The van der Waals surface area contributed by atoms with E-state index < -0.39 is 0 Å². The van der Waals surface area contributed by atoms with Gasteiger partial charge in [-0.1, -0.05) is 32.0 Å². The molecule has 0 fully saturated rings. The van der Waals surface area contributed by atoms with Gasteiger partial charge in [-0.2, -0.15) is 5.10 Å². The summed E-state index contributed by atoms with van der Waals surface area (Å²) in [4.78, 5) is 0. The van der Waals surface area contributed by atoms with Gasteiger partial charge < -0.3 is 5.32 Å². The van der Waals surface area contributed by atoms with E-state index in [4.69, 9.17) is 5.10 Å². The Bertz CT molecular complexity index is 530. The van der Waals surface area contributed by atoms with Gasteiger partial charge in [-0.15, -0.1) is 0 Å². The number of aryl methyl sites for hydroxylation is 1. The molecule has 1 aromatic carbocycles. The van der Waals surface area contributed by atoms with Crippen molar-refractivity contribution in [2.75, 3.05) is 6.54 Å². The van der Waals surface area contributed by atoms with Gasteiger partial charge in [-0.25, -0.2) is 0 Å². The fraction of sp³-hybridized carbons (Fsp3) is 0.562. The first kappa shape index (κ1) is 14.1. The van der Waals surface area contributed by atoms with Gasteiger partial charge in [0.15, 0.2) is 0 Å². The molecule has 0 saturated carbocycles. The molecule has 2 rings (SSSR count). The second-order valence-corrected chi connectivity index (χ2v) is 5.31. The van der Waals surface area contributed by atoms with E-state index in [2.05, 4.69) is 62.0 Å². The molecule has 1 aromatic heterocycles. The third-order valence-electron chi connectivity index (χ3n) is 3.93. The summed E-state index contributed by atoms with van der Waals surface area (Å²) in [5, 5.41) is 9.58. The van der Waals surface area contributed by atoms with Crippen LogP contribution in [0.2, 0.25) is 0 Å². The molecule has 1 N–H and O–H groups in total. The molecule has 1 heterocycles. The summed E-state index contributed by atoms with van der Waals surface area (Å²) >= 11 is 0. The molecule has 2 atom stereocenters. The fourth-order valence-corrected chi connectivity index (χ4v) is 2.59. The molecule has 2 aromatic rings. The molecule has 19 heavy (non-hydrogen) atoms. The summed E-state index contributed by atoms with van der Waals surface area (Å²) in [6.45, 7) is 10.8. The zero-order valence-corrected chi connectivity index (χ0v) is 12.5. The highest BCUT2D eigenvalue weighted by Gasteiger charge is 2.16. The van der Waals surface area contributed by atoms with Gasteiger partial charge in [0.25, 0.3) is 0 Å². The number of benzene rings is 1. The van der Waals surface area contributed by atoms with Gasteiger partial charge in [-0.05, 0) is 38.8 Å². The number of hydrogen-bond acceptors (Lipinski definition) is 2. The Morgan fingerprint density at radius 1 is 1.21 bits per heavy atom. The lowest BCUT2D eigenvalue weighted by Crippen LogP contribution is -2.33. The van der Waals surface area contributed by atoms with E-state index in [1.54, 1.807) is 0 Å². The Morgan fingerprint density at radius 3 is 2.63 bits per heavy atom. The van der Waals surface area contributed by atoms with Crippen LogP contribution in [0, 0.1) is 5.92 Å². The highest BCUT2D eigenvalue weighted by Crippen LogP contribution is 2.22. The number of hydrogen-bond donors (Lipinski definition) is 1. The smallest absolute Gasteiger partial charge is 0.0706 e. The van der Waals surface area contributed by atoms with E-state index in [1.807, 2.05) is 0 Å². The van der Waals surface area contributed by atoms with Crippen molar-refractivity contribution < 1.29 is 0 Å². The Hall–Kier alpha value is -1.35. The normalized spacial score (nSPS) is 14.7. The molecule has 0 aliphatic carbocycles. The van der Waals surface area contributed by atoms with Crippen molar-refractivity contribution in [1.29, 1.82) is 0 Å². The summed E-state index contributed by atoms with van der Waals surface area (Å²) in [6.07, 6.45) is 1.03. The molecule has 104 valence electrons. The summed E-state index contributed by atoms with van der Waals surface area (Å²) in [6, 6.07) is 9.06. The molecule has 0 amide bonds. The van der Waals surface area contributed by atoms with Crippen LogP contribution < -0.4 is 5.32 Å². The van der Waals surface area contributed by atoms with Crippen LogP contribution in [0.25, 0.3) is 10.9 Å². The SMILES string of the molecule is CCNC(C)C(C)Cc1nn(CC)c2ccccc12. The maximum absolute atomic E-state index is 4.78. The number of aromatic nitrogens is 2. The highest BCUT2D eigenvalue weighted by atomic mass is 15.3. The minimum atomic E-state index is 0.524. The van der Waals surface area contributed by atoms with Crippen molar-refractivity contribution in [2.45, 2.75) is 46.7 Å². The predicted molar refractivity (Wildman–Crippen MR) is 81.4 cm³/mol. The van der Waals surface area contributed by atoms with Crippen LogP contribution >= 0.6 is 0 Å². The number of nitrogens with one attached hydrogen (secondary N) is 1. The molecular formula is C16H25N3. The minimum absolute atomic E-state index is 0.524. The fourth-order valence-electron chi connectivity index (χ4n) is 2.59. The van der Waals surface area contributed by atoms with Crippen LogP contribution in [-0.2, 0) is 13.0 Å². The molecule has 0 aliphatic heterocycles. The topological polar surface area (TPSA) is 29.9 Å². The molecule has 0 radical (unpaired) electrons. The van der Waals surface area contributed by atoms with Crippen molar-refractivity contribution in [3.8, 4) is 0 Å². The first-order valence-corrected chi connectivity index (χ1v) is 7.35. The monoisotopic (exact) mass is 259 g/mol. The third kappa shape index (κ3) is 2.98. The lowest BCUT2D eigenvalue weighted by Gasteiger charge is -2.19. The Morgan fingerprint density at radius 2 is 1.95 bits per heavy atom.